The number of halogens is 4. The number of carbonyl (C=O) groups is 3. The van der Waals surface area contributed by atoms with Gasteiger partial charge < -0.3 is 19.7 Å². The summed E-state index contributed by atoms with van der Waals surface area (Å²) in [5.74, 6) is -1.66. The normalized spacial score (nSPS) is 23.7. The molecule has 3 amide bonds. The number of likely N-dealkylation sites (tertiary alicyclic amines) is 1. The molecule has 0 aliphatic carbocycles. The Labute approximate surface area is 340 Å². The van der Waals surface area contributed by atoms with Crippen LogP contribution < -0.4 is 10.2 Å². The van der Waals surface area contributed by atoms with E-state index in [-0.39, 0.29) is 30.3 Å². The van der Waals surface area contributed by atoms with Crippen LogP contribution in [0.15, 0.2) is 48.5 Å². The minimum Gasteiger partial charge on any atom is -0.371 e. The van der Waals surface area contributed by atoms with E-state index in [0.717, 1.165) is 80.4 Å². The topological polar surface area (TPSA) is 95.2 Å². The summed E-state index contributed by atoms with van der Waals surface area (Å²) in [6.45, 7) is 6.13. The summed E-state index contributed by atoms with van der Waals surface area (Å²) in [5, 5.41) is 3.33. The van der Waals surface area contributed by atoms with Gasteiger partial charge in [0.05, 0.1) is 12.6 Å². The maximum Gasteiger partial charge on any atom is 0.255 e. The molecule has 310 valence electrons. The fraction of sp³-hybridized carbons (Fsp3) is 0.489. The second-order valence-corrected chi connectivity index (χ2v) is 17.5. The highest BCUT2D eigenvalue weighted by Gasteiger charge is 2.41. The molecule has 3 aromatic carbocycles. The predicted molar refractivity (Wildman–Crippen MR) is 214 cm³/mol. The molecule has 6 aliphatic heterocycles. The van der Waals surface area contributed by atoms with Crippen molar-refractivity contribution in [3.05, 3.63) is 99.2 Å². The number of H-pyrrole nitrogens is 1. The molecule has 2 N–H and O–H groups in total. The molecule has 3 fully saturated rings. The van der Waals surface area contributed by atoms with E-state index >= 15 is 8.78 Å². The Morgan fingerprint density at radius 3 is 2.24 bits per heavy atom. The molecule has 4 aromatic rings. The third-order valence-electron chi connectivity index (χ3n) is 14.0. The van der Waals surface area contributed by atoms with E-state index in [4.69, 9.17) is 0 Å². The number of rotatable bonds is 8. The molecular weight excluding hydrogens is 763 g/mol. The molecule has 3 saturated heterocycles. The third kappa shape index (κ3) is 7.10. The van der Waals surface area contributed by atoms with E-state index in [0.29, 0.717) is 61.4 Å². The quantitative estimate of drug-likeness (QED) is 0.164. The van der Waals surface area contributed by atoms with Crippen molar-refractivity contribution in [2.45, 2.75) is 89.1 Å². The van der Waals surface area contributed by atoms with Crippen LogP contribution in [0.4, 0.5) is 23.2 Å². The first kappa shape index (κ1) is 38.4. The average molecular weight is 812 g/mol. The largest absolute Gasteiger partial charge is 0.371 e. The summed E-state index contributed by atoms with van der Waals surface area (Å²) in [6.07, 6.45) is 2.47. The summed E-state index contributed by atoms with van der Waals surface area (Å²) < 4.78 is 59.8. The van der Waals surface area contributed by atoms with E-state index in [1.165, 1.54) is 28.2 Å². The van der Waals surface area contributed by atoms with Crippen LogP contribution in [0.5, 0.6) is 0 Å². The molecule has 10 rings (SSSR count). The number of benzene rings is 3. The number of alkyl halides is 2. The van der Waals surface area contributed by atoms with E-state index in [9.17, 15) is 23.2 Å². The summed E-state index contributed by atoms with van der Waals surface area (Å²) >= 11 is 0. The van der Waals surface area contributed by atoms with Gasteiger partial charge in [-0.1, -0.05) is 24.3 Å². The molecular formula is C45H49F4N7O3. The third-order valence-corrected chi connectivity index (χ3v) is 14.0. The van der Waals surface area contributed by atoms with E-state index < -0.39 is 42.6 Å². The Kier molecular flexibility index (Phi) is 9.99. The molecule has 7 heterocycles. The van der Waals surface area contributed by atoms with Gasteiger partial charge in [0.25, 0.3) is 12.3 Å². The Hall–Kier alpha value is -4.79. The SMILES string of the molecule is O=C1CCC(N2Cc3cc4c(cc3C2=O)CN(CC2CCN(C3CCN(c5cc(F)c([C@@H]6c7[nH]c8ccccc8c7CCN6CC(F)F)c(F)c5)CC3)CC2)C4)C(=O)N1. The van der Waals surface area contributed by atoms with Gasteiger partial charge in [0.2, 0.25) is 11.8 Å². The minimum absolute atomic E-state index is 0.133. The van der Waals surface area contributed by atoms with Gasteiger partial charge in [0, 0.05) is 91.7 Å². The number of nitrogens with zero attached hydrogens (tertiary/aromatic N) is 5. The van der Waals surface area contributed by atoms with Gasteiger partial charge in [-0.15, -0.1) is 0 Å². The van der Waals surface area contributed by atoms with E-state index in [2.05, 4.69) is 26.2 Å². The maximum atomic E-state index is 16.2. The number of nitrogens with one attached hydrogen (secondary N) is 2. The number of aromatic nitrogens is 1. The fourth-order valence-electron chi connectivity index (χ4n) is 11.0. The molecule has 0 radical (unpaired) electrons. The standard InChI is InChI=1S/C45H49F4N7O3/c46-35-19-31(20-36(47)41(35)43-42-33(11-16-55(43)25-39(48)49)32-3-1-2-4-37(32)50-42)54-14-9-30(10-15-54)53-12-7-26(8-13-53)21-52-22-27-17-29-24-56(38-5-6-40(57)51-44(38)58)45(59)34(29)18-28(27)23-52/h1-4,17-20,26,30,38-39,43,50H,5-16,21-25H2,(H,51,57,58)/t38?,43-/m1/s1. The van der Waals surface area contributed by atoms with Crippen LogP contribution in [0.2, 0.25) is 0 Å². The van der Waals surface area contributed by atoms with Gasteiger partial charge in [-0.2, -0.15) is 0 Å². The number of carbonyl (C=O) groups excluding carboxylic acids is 3. The highest BCUT2D eigenvalue weighted by Crippen LogP contribution is 2.42. The van der Waals surface area contributed by atoms with Crippen LogP contribution in [0.25, 0.3) is 10.9 Å². The van der Waals surface area contributed by atoms with Crippen molar-refractivity contribution in [3.63, 3.8) is 0 Å². The molecule has 0 spiro atoms. The molecule has 0 saturated carbocycles. The number of imide groups is 1. The van der Waals surface area contributed by atoms with Gasteiger partial charge in [0.1, 0.15) is 17.7 Å². The lowest BCUT2D eigenvalue weighted by Crippen LogP contribution is -2.52. The Bertz CT molecular complexity index is 2290. The van der Waals surface area contributed by atoms with Gasteiger partial charge in [-0.25, -0.2) is 17.6 Å². The van der Waals surface area contributed by atoms with Crippen molar-refractivity contribution in [2.75, 3.05) is 50.7 Å². The lowest BCUT2D eigenvalue weighted by molar-refractivity contribution is -0.136. The van der Waals surface area contributed by atoms with Gasteiger partial charge >= 0.3 is 0 Å². The summed E-state index contributed by atoms with van der Waals surface area (Å²) in [7, 11) is 0. The number of piperidine rings is 3. The second-order valence-electron chi connectivity index (χ2n) is 17.5. The monoisotopic (exact) mass is 811 g/mol. The molecule has 10 nitrogen and oxygen atoms in total. The molecule has 6 aliphatic rings. The van der Waals surface area contributed by atoms with Crippen LogP contribution >= 0.6 is 0 Å². The molecule has 59 heavy (non-hydrogen) atoms. The zero-order valence-corrected chi connectivity index (χ0v) is 33.0. The van der Waals surface area contributed by atoms with E-state index in [1.54, 1.807) is 4.90 Å². The highest BCUT2D eigenvalue weighted by atomic mass is 19.3. The number of hydrogen-bond donors (Lipinski definition) is 2. The highest BCUT2D eigenvalue weighted by molar-refractivity contribution is 6.05. The molecule has 2 atom stereocenters. The number of fused-ring (bicyclic) bond motifs is 5. The predicted octanol–water partition coefficient (Wildman–Crippen LogP) is 6.12. The van der Waals surface area contributed by atoms with Crippen LogP contribution in [0, 0.1) is 17.6 Å². The number of aromatic amines is 1. The number of para-hydroxylation sites is 1. The number of anilines is 1. The van der Waals surface area contributed by atoms with Crippen LogP contribution in [-0.4, -0.2) is 107 Å². The smallest absolute Gasteiger partial charge is 0.255 e. The van der Waals surface area contributed by atoms with Crippen molar-refractivity contribution in [1.82, 2.24) is 29.9 Å². The molecule has 1 aromatic heterocycles. The summed E-state index contributed by atoms with van der Waals surface area (Å²) in [4.78, 5) is 51.0. The van der Waals surface area contributed by atoms with Crippen LogP contribution in [0.3, 0.4) is 0 Å². The van der Waals surface area contributed by atoms with Crippen molar-refractivity contribution < 1.29 is 31.9 Å². The van der Waals surface area contributed by atoms with Crippen LogP contribution in [-0.2, 0) is 35.6 Å². The first-order chi connectivity index (χ1) is 28.6. The van der Waals surface area contributed by atoms with Crippen molar-refractivity contribution in [3.8, 4) is 0 Å². The zero-order chi connectivity index (χ0) is 40.5. The van der Waals surface area contributed by atoms with Crippen LogP contribution in [0.1, 0.15) is 88.4 Å². The van der Waals surface area contributed by atoms with Crippen molar-refractivity contribution >= 4 is 34.3 Å². The zero-order valence-electron chi connectivity index (χ0n) is 33.0. The number of amides is 3. The fourth-order valence-corrected chi connectivity index (χ4v) is 11.0. The van der Waals surface area contributed by atoms with Gasteiger partial charge in [0.15, 0.2) is 0 Å². The second kappa shape index (κ2) is 15.3. The molecule has 1 unspecified atom stereocenters. The average Bonchev–Trinajstić information content (AvgIpc) is 3.89. The van der Waals surface area contributed by atoms with Gasteiger partial charge in [-0.05, 0) is 104 Å². The van der Waals surface area contributed by atoms with Crippen molar-refractivity contribution in [2.24, 2.45) is 5.92 Å². The first-order valence-electron chi connectivity index (χ1n) is 21.2. The Morgan fingerprint density at radius 2 is 1.51 bits per heavy atom. The lowest BCUT2D eigenvalue weighted by atomic mass is 9.91. The lowest BCUT2D eigenvalue weighted by Gasteiger charge is -2.43. The number of hydrogen-bond acceptors (Lipinski definition) is 7. The minimum atomic E-state index is -2.64. The van der Waals surface area contributed by atoms with E-state index in [1.807, 2.05) is 35.2 Å². The summed E-state index contributed by atoms with van der Waals surface area (Å²) in [5.41, 5.74) is 6.68. The Balaban J connectivity index is 0.732. The van der Waals surface area contributed by atoms with Crippen molar-refractivity contribution in [1.29, 1.82) is 0 Å². The summed E-state index contributed by atoms with van der Waals surface area (Å²) in [6, 6.07) is 13.4. The molecule has 14 heteroatoms. The maximum absolute atomic E-state index is 16.2. The van der Waals surface area contributed by atoms with Gasteiger partial charge in [-0.3, -0.25) is 29.5 Å². The Morgan fingerprint density at radius 1 is 0.780 bits per heavy atom. The molecule has 0 bridgehead atoms. The first-order valence-corrected chi connectivity index (χ1v) is 21.2.